The van der Waals surface area contributed by atoms with Gasteiger partial charge in [-0.15, -0.1) is 0 Å². The Morgan fingerprint density at radius 2 is 2.00 bits per heavy atom. The van der Waals surface area contributed by atoms with Crippen LogP contribution in [0.15, 0.2) is 46.9 Å². The van der Waals surface area contributed by atoms with Crippen LogP contribution in [0.2, 0.25) is 0 Å². The number of halogens is 1. The summed E-state index contributed by atoms with van der Waals surface area (Å²) in [5, 5.41) is 2.77. The number of nitrogen functional groups attached to an aromatic ring is 1. The molecule has 0 spiro atoms. The van der Waals surface area contributed by atoms with Gasteiger partial charge < -0.3 is 15.8 Å². The quantitative estimate of drug-likeness (QED) is 0.842. The zero-order valence-corrected chi connectivity index (χ0v) is 12.6. The number of ether oxygens (including phenoxy) is 1. The van der Waals surface area contributed by atoms with Gasteiger partial charge in [-0.3, -0.25) is 4.79 Å². The van der Waals surface area contributed by atoms with Crippen LogP contribution in [0.25, 0.3) is 0 Å². The van der Waals surface area contributed by atoms with E-state index in [1.807, 2.05) is 31.2 Å². The van der Waals surface area contributed by atoms with Crippen LogP contribution < -0.4 is 15.8 Å². The van der Waals surface area contributed by atoms with Crippen LogP contribution in [0.1, 0.15) is 5.56 Å². The fourth-order valence-electron chi connectivity index (χ4n) is 1.68. The Labute approximate surface area is 126 Å². The molecule has 0 heterocycles. The lowest BCUT2D eigenvalue weighted by atomic mass is 10.2. The lowest BCUT2D eigenvalue weighted by molar-refractivity contribution is -0.118. The molecule has 104 valence electrons. The summed E-state index contributed by atoms with van der Waals surface area (Å²) >= 11 is 3.37. The van der Waals surface area contributed by atoms with E-state index in [1.165, 1.54) is 0 Å². The molecular formula is C15H15BrN2O2. The molecule has 0 fully saturated rings. The van der Waals surface area contributed by atoms with Crippen molar-refractivity contribution in [1.82, 2.24) is 0 Å². The number of nitrogens with one attached hydrogen (secondary N) is 1. The van der Waals surface area contributed by atoms with Gasteiger partial charge in [0.1, 0.15) is 5.75 Å². The van der Waals surface area contributed by atoms with Crippen molar-refractivity contribution in [3.63, 3.8) is 0 Å². The summed E-state index contributed by atoms with van der Waals surface area (Å²) in [5.41, 5.74) is 7.98. The Bertz CT molecular complexity index is 629. The first kappa shape index (κ1) is 14.4. The molecule has 4 nitrogen and oxygen atoms in total. The van der Waals surface area contributed by atoms with E-state index in [0.717, 1.165) is 10.0 Å². The number of rotatable bonds is 4. The van der Waals surface area contributed by atoms with E-state index in [4.69, 9.17) is 10.5 Å². The smallest absolute Gasteiger partial charge is 0.262 e. The first-order valence-corrected chi connectivity index (χ1v) is 6.89. The average Bonchev–Trinajstić information content (AvgIpc) is 2.43. The highest BCUT2D eigenvalue weighted by Crippen LogP contribution is 2.23. The van der Waals surface area contributed by atoms with Crippen LogP contribution in [0.4, 0.5) is 11.4 Å². The van der Waals surface area contributed by atoms with Crippen LogP contribution in [0.3, 0.4) is 0 Å². The molecule has 0 atom stereocenters. The van der Waals surface area contributed by atoms with Gasteiger partial charge >= 0.3 is 0 Å². The Morgan fingerprint density at radius 1 is 1.25 bits per heavy atom. The van der Waals surface area contributed by atoms with Gasteiger partial charge in [0.25, 0.3) is 5.91 Å². The van der Waals surface area contributed by atoms with Gasteiger partial charge in [-0.1, -0.05) is 18.2 Å². The lowest BCUT2D eigenvalue weighted by Gasteiger charge is -2.11. The van der Waals surface area contributed by atoms with Gasteiger partial charge in [0.15, 0.2) is 6.61 Å². The van der Waals surface area contributed by atoms with Crippen LogP contribution >= 0.6 is 15.9 Å². The average molecular weight is 335 g/mol. The Balaban J connectivity index is 1.96. The normalized spacial score (nSPS) is 10.1. The number of para-hydroxylation sites is 1. The molecule has 0 bridgehead atoms. The molecule has 0 aliphatic heterocycles. The molecule has 0 unspecified atom stereocenters. The van der Waals surface area contributed by atoms with Crippen molar-refractivity contribution >= 4 is 33.2 Å². The highest BCUT2D eigenvalue weighted by molar-refractivity contribution is 9.10. The number of amides is 1. The lowest BCUT2D eigenvalue weighted by Crippen LogP contribution is -2.20. The van der Waals surface area contributed by atoms with E-state index in [1.54, 1.807) is 18.2 Å². The maximum atomic E-state index is 11.8. The molecule has 3 N–H and O–H groups in total. The molecule has 0 aliphatic carbocycles. The van der Waals surface area contributed by atoms with Gasteiger partial charge in [-0.2, -0.15) is 0 Å². The predicted molar refractivity (Wildman–Crippen MR) is 83.9 cm³/mol. The van der Waals surface area contributed by atoms with Gasteiger partial charge in [0, 0.05) is 15.7 Å². The predicted octanol–water partition coefficient (Wildman–Crippen LogP) is 3.36. The zero-order chi connectivity index (χ0) is 14.5. The fourth-order valence-corrected chi connectivity index (χ4v) is 2.06. The van der Waals surface area contributed by atoms with E-state index in [-0.39, 0.29) is 12.5 Å². The van der Waals surface area contributed by atoms with E-state index >= 15 is 0 Å². The molecule has 2 rings (SSSR count). The van der Waals surface area contributed by atoms with E-state index in [2.05, 4.69) is 21.2 Å². The fraction of sp³-hybridized carbons (Fsp3) is 0.133. The molecule has 0 radical (unpaired) electrons. The number of benzene rings is 2. The van der Waals surface area contributed by atoms with Gasteiger partial charge in [-0.25, -0.2) is 0 Å². The van der Waals surface area contributed by atoms with Crippen molar-refractivity contribution in [1.29, 1.82) is 0 Å². The highest BCUT2D eigenvalue weighted by Gasteiger charge is 2.08. The maximum Gasteiger partial charge on any atom is 0.262 e. The number of hydrogen-bond donors (Lipinski definition) is 2. The minimum absolute atomic E-state index is 0.0639. The second kappa shape index (κ2) is 6.43. The van der Waals surface area contributed by atoms with E-state index in [9.17, 15) is 4.79 Å². The molecule has 0 aromatic heterocycles. The van der Waals surface area contributed by atoms with Crippen LogP contribution in [-0.2, 0) is 4.79 Å². The second-order valence-electron chi connectivity index (χ2n) is 4.29. The molecule has 2 aromatic carbocycles. The summed E-state index contributed by atoms with van der Waals surface area (Å²) in [7, 11) is 0. The summed E-state index contributed by atoms with van der Waals surface area (Å²) in [4.78, 5) is 11.8. The third-order valence-corrected chi connectivity index (χ3v) is 3.52. The number of anilines is 2. The third-order valence-electron chi connectivity index (χ3n) is 2.83. The van der Waals surface area contributed by atoms with E-state index < -0.39 is 0 Å². The molecule has 5 heteroatoms. The number of carbonyl (C=O) groups excluding carboxylic acids is 1. The summed E-state index contributed by atoms with van der Waals surface area (Å²) in [6, 6.07) is 12.8. The Kier molecular flexibility index (Phi) is 4.63. The summed E-state index contributed by atoms with van der Waals surface area (Å²) < 4.78 is 6.31. The summed E-state index contributed by atoms with van der Waals surface area (Å²) in [5.74, 6) is 0.394. The van der Waals surface area contributed by atoms with Crippen molar-refractivity contribution in [2.45, 2.75) is 6.92 Å². The van der Waals surface area contributed by atoms with Crippen molar-refractivity contribution in [3.05, 3.63) is 52.5 Å². The first-order chi connectivity index (χ1) is 9.58. The van der Waals surface area contributed by atoms with Crippen molar-refractivity contribution < 1.29 is 9.53 Å². The van der Waals surface area contributed by atoms with Gasteiger partial charge in [0.05, 0.1) is 5.69 Å². The monoisotopic (exact) mass is 334 g/mol. The third kappa shape index (κ3) is 3.51. The Hall–Kier alpha value is -2.01. The molecule has 20 heavy (non-hydrogen) atoms. The van der Waals surface area contributed by atoms with Gasteiger partial charge in [0.2, 0.25) is 0 Å². The largest absolute Gasteiger partial charge is 0.483 e. The summed E-state index contributed by atoms with van der Waals surface area (Å²) in [6.07, 6.45) is 0. The minimum Gasteiger partial charge on any atom is -0.483 e. The SMILES string of the molecule is Cc1c(N)cccc1OCC(=O)Nc1ccccc1Br. The molecule has 1 amide bonds. The van der Waals surface area contributed by atoms with Crippen LogP contribution in [-0.4, -0.2) is 12.5 Å². The molecule has 0 saturated heterocycles. The number of carbonyl (C=O) groups is 1. The molecule has 0 aliphatic rings. The van der Waals surface area contributed by atoms with Crippen molar-refractivity contribution in [3.8, 4) is 5.75 Å². The summed E-state index contributed by atoms with van der Waals surface area (Å²) in [6.45, 7) is 1.79. The molecule has 2 aromatic rings. The minimum atomic E-state index is -0.223. The van der Waals surface area contributed by atoms with Gasteiger partial charge in [-0.05, 0) is 47.1 Å². The van der Waals surface area contributed by atoms with Crippen LogP contribution in [0.5, 0.6) is 5.75 Å². The number of hydrogen-bond acceptors (Lipinski definition) is 3. The second-order valence-corrected chi connectivity index (χ2v) is 5.14. The number of nitrogens with two attached hydrogens (primary N) is 1. The molecule has 0 saturated carbocycles. The van der Waals surface area contributed by atoms with Crippen molar-refractivity contribution in [2.24, 2.45) is 0 Å². The van der Waals surface area contributed by atoms with Crippen molar-refractivity contribution in [2.75, 3.05) is 17.7 Å². The maximum absolute atomic E-state index is 11.8. The Morgan fingerprint density at radius 3 is 2.75 bits per heavy atom. The zero-order valence-electron chi connectivity index (χ0n) is 11.0. The highest BCUT2D eigenvalue weighted by atomic mass is 79.9. The van der Waals surface area contributed by atoms with Crippen LogP contribution in [0, 0.1) is 6.92 Å². The van der Waals surface area contributed by atoms with E-state index in [0.29, 0.717) is 17.1 Å². The molecular weight excluding hydrogens is 320 g/mol. The first-order valence-electron chi connectivity index (χ1n) is 6.10. The standard InChI is InChI=1S/C15H15BrN2O2/c1-10-12(17)6-4-8-14(10)20-9-15(19)18-13-7-3-2-5-11(13)16/h2-8H,9,17H2,1H3,(H,18,19). The topological polar surface area (TPSA) is 64.3 Å².